The van der Waals surface area contributed by atoms with E-state index in [-0.39, 0.29) is 4.30 Å². The fourth-order valence-corrected chi connectivity index (χ4v) is 12.5. The quantitative estimate of drug-likeness (QED) is 0.453. The Kier molecular flexibility index (Phi) is 4.97. The molecule has 4 rings (SSSR count). The van der Waals surface area contributed by atoms with Crippen molar-refractivity contribution in [3.05, 3.63) is 91.0 Å². The average molecular weight is 448 g/mol. The molecule has 0 spiro atoms. The number of cyclic esters (lactones) is 2. The molecular formula is C24H21AsO4. The van der Waals surface area contributed by atoms with E-state index in [0.29, 0.717) is 0 Å². The Morgan fingerprint density at radius 2 is 0.897 bits per heavy atom. The van der Waals surface area contributed by atoms with Crippen molar-refractivity contribution in [2.24, 2.45) is 0 Å². The topological polar surface area (TPSA) is 52.6 Å². The molecule has 0 atom stereocenters. The molecule has 3 aromatic rings. The Labute approximate surface area is 172 Å². The Bertz CT molecular complexity index is 978. The summed E-state index contributed by atoms with van der Waals surface area (Å²) >= 11 is -3.74. The van der Waals surface area contributed by atoms with Gasteiger partial charge in [-0.05, 0) is 0 Å². The second-order valence-electron chi connectivity index (χ2n) is 7.20. The van der Waals surface area contributed by atoms with E-state index < -0.39 is 30.8 Å². The number of ether oxygens (including phenoxy) is 2. The van der Waals surface area contributed by atoms with Crippen molar-refractivity contribution < 1.29 is 19.1 Å². The van der Waals surface area contributed by atoms with Crippen LogP contribution in [0.25, 0.3) is 0 Å². The summed E-state index contributed by atoms with van der Waals surface area (Å²) in [5.41, 5.74) is 0. The van der Waals surface area contributed by atoms with Crippen molar-refractivity contribution in [1.29, 1.82) is 0 Å². The first-order chi connectivity index (χ1) is 13.9. The molecule has 0 aliphatic carbocycles. The number of hydrogen-bond donors (Lipinski definition) is 0. The number of hydrogen-bond acceptors (Lipinski definition) is 4. The van der Waals surface area contributed by atoms with Gasteiger partial charge in [0.25, 0.3) is 0 Å². The van der Waals surface area contributed by atoms with E-state index >= 15 is 0 Å². The van der Waals surface area contributed by atoms with E-state index in [0.717, 1.165) is 13.1 Å². The Morgan fingerprint density at radius 1 is 0.586 bits per heavy atom. The maximum atomic E-state index is 13.3. The molecular weight excluding hydrogens is 427 g/mol. The van der Waals surface area contributed by atoms with Gasteiger partial charge in [0.15, 0.2) is 0 Å². The number of carbonyl (C=O) groups excluding carboxylic acids is 2. The minimum atomic E-state index is -3.74. The van der Waals surface area contributed by atoms with Crippen molar-refractivity contribution in [2.75, 3.05) is 0 Å². The number of esters is 2. The molecule has 0 saturated carbocycles. The Hall–Kier alpha value is -2.97. The molecule has 1 fully saturated rings. The summed E-state index contributed by atoms with van der Waals surface area (Å²) in [7, 11) is 0. The zero-order chi connectivity index (χ0) is 20.5. The molecule has 0 amide bonds. The minimum absolute atomic E-state index is 0.117. The van der Waals surface area contributed by atoms with Gasteiger partial charge in [0.1, 0.15) is 0 Å². The molecule has 29 heavy (non-hydrogen) atoms. The van der Waals surface area contributed by atoms with Crippen LogP contribution in [0.4, 0.5) is 0 Å². The summed E-state index contributed by atoms with van der Waals surface area (Å²) in [5.74, 6) is -2.49. The number of benzene rings is 3. The summed E-state index contributed by atoms with van der Waals surface area (Å²) in [4.78, 5) is 26.5. The summed E-state index contributed by atoms with van der Waals surface area (Å²) in [6.07, 6.45) is 0. The first-order valence-corrected chi connectivity index (χ1v) is 13.1. The predicted octanol–water partition coefficient (Wildman–Crippen LogP) is 1.75. The van der Waals surface area contributed by atoms with Crippen LogP contribution < -0.4 is 13.1 Å². The van der Waals surface area contributed by atoms with Gasteiger partial charge in [-0.25, -0.2) is 0 Å². The van der Waals surface area contributed by atoms with E-state index in [1.165, 1.54) is 0 Å². The van der Waals surface area contributed by atoms with Crippen molar-refractivity contribution >= 4 is 42.4 Å². The Morgan fingerprint density at radius 3 is 1.21 bits per heavy atom. The third kappa shape index (κ3) is 3.34. The van der Waals surface area contributed by atoms with E-state index in [2.05, 4.69) is 0 Å². The van der Waals surface area contributed by atoms with E-state index in [4.69, 9.17) is 9.47 Å². The van der Waals surface area contributed by atoms with Gasteiger partial charge in [-0.3, -0.25) is 0 Å². The molecule has 1 saturated heterocycles. The second-order valence-corrected chi connectivity index (χ2v) is 14.2. The van der Waals surface area contributed by atoms with Gasteiger partial charge in [-0.1, -0.05) is 0 Å². The van der Waals surface area contributed by atoms with Crippen LogP contribution in [0.1, 0.15) is 13.8 Å². The zero-order valence-electron chi connectivity index (χ0n) is 16.2. The fraction of sp³-hybridized carbons (Fsp3) is 0.125. The molecule has 0 aromatic heterocycles. The average Bonchev–Trinajstić information content (AvgIpc) is 2.72. The van der Waals surface area contributed by atoms with Crippen LogP contribution in [0.2, 0.25) is 0 Å². The van der Waals surface area contributed by atoms with Crippen LogP contribution in [-0.4, -0.2) is 35.1 Å². The first-order valence-electron chi connectivity index (χ1n) is 9.35. The molecule has 0 radical (unpaired) electrons. The third-order valence-corrected chi connectivity index (χ3v) is 13.8. The first kappa shape index (κ1) is 19.3. The van der Waals surface area contributed by atoms with Crippen LogP contribution >= 0.6 is 0 Å². The third-order valence-electron chi connectivity index (χ3n) is 4.83. The standard InChI is InChI=1S/C24H21AsO4/c1-24(2)28-22(26)21(23(27)29-24)25(18-12-6-3-7-13-18,19-14-8-4-9-15-19)20-16-10-5-11-17-20/h3-17H,1-2H3. The number of carbonyl (C=O) groups is 2. The van der Waals surface area contributed by atoms with Crippen LogP contribution in [0.5, 0.6) is 0 Å². The SMILES string of the molecule is CC1(C)OC(=O)C(=[As](c2ccccc2)(c2ccccc2)c2ccccc2)C(=O)O1. The van der Waals surface area contributed by atoms with Crippen LogP contribution in [-0.2, 0) is 19.1 Å². The summed E-state index contributed by atoms with van der Waals surface area (Å²) in [6.45, 7) is 3.14. The predicted molar refractivity (Wildman–Crippen MR) is 115 cm³/mol. The maximum absolute atomic E-state index is 13.3. The zero-order valence-corrected chi connectivity index (χ0v) is 18.1. The van der Waals surface area contributed by atoms with Gasteiger partial charge in [0.2, 0.25) is 0 Å². The fourth-order valence-electron chi connectivity index (χ4n) is 3.71. The molecule has 3 aromatic carbocycles. The van der Waals surface area contributed by atoms with Crippen LogP contribution in [0.15, 0.2) is 91.0 Å². The van der Waals surface area contributed by atoms with Gasteiger partial charge >= 0.3 is 172 Å². The molecule has 4 nitrogen and oxygen atoms in total. The molecule has 0 bridgehead atoms. The van der Waals surface area contributed by atoms with E-state index in [1.54, 1.807) is 13.8 Å². The molecule has 1 heterocycles. The monoisotopic (exact) mass is 448 g/mol. The van der Waals surface area contributed by atoms with Crippen LogP contribution in [0, 0.1) is 0 Å². The Balaban J connectivity index is 2.21. The van der Waals surface area contributed by atoms with Gasteiger partial charge in [0.05, 0.1) is 0 Å². The second kappa shape index (κ2) is 7.45. The van der Waals surface area contributed by atoms with Crippen molar-refractivity contribution in [3.63, 3.8) is 0 Å². The van der Waals surface area contributed by atoms with Gasteiger partial charge in [-0.2, -0.15) is 0 Å². The molecule has 1 aliphatic heterocycles. The van der Waals surface area contributed by atoms with E-state index in [1.807, 2.05) is 91.0 Å². The van der Waals surface area contributed by atoms with Crippen LogP contribution in [0.3, 0.4) is 0 Å². The normalized spacial score (nSPS) is 16.1. The van der Waals surface area contributed by atoms with E-state index in [9.17, 15) is 9.59 Å². The molecule has 5 heteroatoms. The summed E-state index contributed by atoms with van der Waals surface area (Å²) in [5, 5.41) is 0. The molecule has 0 unspecified atom stereocenters. The van der Waals surface area contributed by atoms with Crippen molar-refractivity contribution in [2.45, 2.75) is 19.6 Å². The number of rotatable bonds is 3. The molecule has 146 valence electrons. The van der Waals surface area contributed by atoms with Gasteiger partial charge in [-0.15, -0.1) is 0 Å². The molecule has 0 N–H and O–H groups in total. The molecule has 1 aliphatic rings. The summed E-state index contributed by atoms with van der Waals surface area (Å²) in [6, 6.07) is 29.3. The summed E-state index contributed by atoms with van der Waals surface area (Å²) < 4.78 is 14.1. The van der Waals surface area contributed by atoms with Crippen molar-refractivity contribution in [1.82, 2.24) is 0 Å². The van der Waals surface area contributed by atoms with Gasteiger partial charge in [0, 0.05) is 0 Å². The van der Waals surface area contributed by atoms with Gasteiger partial charge < -0.3 is 0 Å². The van der Waals surface area contributed by atoms with Crippen molar-refractivity contribution in [3.8, 4) is 0 Å².